The molecule has 1 amide bonds. The lowest BCUT2D eigenvalue weighted by Crippen LogP contribution is -2.65. The summed E-state index contributed by atoms with van der Waals surface area (Å²) in [6, 6.07) is -0.929. The van der Waals surface area contributed by atoms with Gasteiger partial charge < -0.3 is 65.1 Å². The zero-order valence-corrected chi connectivity index (χ0v) is 36.7. The Morgan fingerprint density at radius 3 is 1.67 bits per heavy atom. The van der Waals surface area contributed by atoms with Crippen LogP contribution in [0.25, 0.3) is 0 Å². The van der Waals surface area contributed by atoms with Crippen LogP contribution < -0.4 is 5.32 Å². The van der Waals surface area contributed by atoms with Crippen LogP contribution in [0, 0.1) is 0 Å². The van der Waals surface area contributed by atoms with Crippen molar-refractivity contribution in [3.05, 3.63) is 36.5 Å². The van der Waals surface area contributed by atoms with E-state index >= 15 is 0 Å². The predicted octanol–water partition coefficient (Wildman–Crippen LogP) is 4.76. The Bertz CT molecular complexity index is 1150. The molecule has 2 heterocycles. The van der Waals surface area contributed by atoms with Gasteiger partial charge in [-0.1, -0.05) is 127 Å². The van der Waals surface area contributed by atoms with Gasteiger partial charge in [0.25, 0.3) is 0 Å². The quantitative estimate of drug-likeness (QED) is 0.0315. The molecule has 0 radical (unpaired) electrons. The molecule has 60 heavy (non-hydrogen) atoms. The number of aliphatic hydroxyl groups excluding tert-OH is 8. The molecule has 2 rings (SSSR count). The molecule has 0 saturated carbocycles. The second-order valence-corrected chi connectivity index (χ2v) is 16.5. The maximum Gasteiger partial charge on any atom is 0.220 e. The fourth-order valence-corrected chi connectivity index (χ4v) is 7.42. The van der Waals surface area contributed by atoms with Gasteiger partial charge in [0, 0.05) is 6.42 Å². The molecule has 2 saturated heterocycles. The van der Waals surface area contributed by atoms with Crippen molar-refractivity contribution < 1.29 is 64.6 Å². The smallest absolute Gasteiger partial charge is 0.220 e. The fraction of sp³-hybridized carbons (Fsp3) is 0.848. The second-order valence-electron chi connectivity index (χ2n) is 16.5. The minimum atomic E-state index is -1.79. The topological polar surface area (TPSA) is 228 Å². The molecule has 2 aliphatic rings. The number of rotatable bonds is 34. The van der Waals surface area contributed by atoms with Crippen molar-refractivity contribution in [3.8, 4) is 0 Å². The lowest BCUT2D eigenvalue weighted by atomic mass is 9.97. The standard InChI is InChI=1S/C46H83NO13/c1-3-5-7-9-11-13-14-15-16-17-18-19-20-22-24-26-28-30-38(51)47-34(35(50)29-27-25-23-21-12-10-8-6-4-2)33-57-45-43(56)41(54)44(37(32-49)59-45)60-46-42(55)40(53)39(52)36(31-48)58-46/h12,15-16,21,27,29,34-37,39-46,48-50,52-56H,3-11,13-14,17-20,22-26,28,30-33H2,1-2H3,(H,47,51)/b16-15-,21-12+,29-27+. The third-order valence-corrected chi connectivity index (χ3v) is 11.3. The summed E-state index contributed by atoms with van der Waals surface area (Å²) in [6.45, 7) is 2.68. The van der Waals surface area contributed by atoms with E-state index in [1.165, 1.54) is 77.0 Å². The molecule has 14 nitrogen and oxygen atoms in total. The first kappa shape index (κ1) is 54.3. The Morgan fingerprint density at radius 2 is 1.07 bits per heavy atom. The monoisotopic (exact) mass is 858 g/mol. The first-order chi connectivity index (χ1) is 29.1. The molecule has 350 valence electrons. The number of hydrogen-bond acceptors (Lipinski definition) is 13. The highest BCUT2D eigenvalue weighted by molar-refractivity contribution is 5.76. The van der Waals surface area contributed by atoms with Crippen LogP contribution in [0.5, 0.6) is 0 Å². The number of amides is 1. The van der Waals surface area contributed by atoms with Crippen molar-refractivity contribution >= 4 is 5.91 Å². The molecule has 0 bridgehead atoms. The summed E-state index contributed by atoms with van der Waals surface area (Å²) >= 11 is 0. The molecular formula is C46H83NO13. The first-order valence-electron chi connectivity index (χ1n) is 23.2. The van der Waals surface area contributed by atoms with Crippen LogP contribution in [-0.4, -0.2) is 140 Å². The SMILES string of the molecule is CCCCC/C=C/CC/C=C/C(O)C(COC1OC(CO)C(OC2OC(CO)C(O)C(O)C2O)C(O)C1O)NC(=O)CCCCCCCCC/C=C\CCCCCCCC. The third kappa shape index (κ3) is 21.5. The van der Waals surface area contributed by atoms with Crippen molar-refractivity contribution in [2.75, 3.05) is 19.8 Å². The third-order valence-electron chi connectivity index (χ3n) is 11.3. The zero-order valence-electron chi connectivity index (χ0n) is 36.7. The zero-order chi connectivity index (χ0) is 44.0. The van der Waals surface area contributed by atoms with Gasteiger partial charge in [0.15, 0.2) is 12.6 Å². The van der Waals surface area contributed by atoms with Gasteiger partial charge >= 0.3 is 0 Å². The predicted molar refractivity (Wildman–Crippen MR) is 231 cm³/mol. The number of carbonyl (C=O) groups is 1. The molecule has 0 aromatic carbocycles. The van der Waals surface area contributed by atoms with Crippen molar-refractivity contribution in [2.24, 2.45) is 0 Å². The van der Waals surface area contributed by atoms with E-state index < -0.39 is 86.8 Å². The summed E-state index contributed by atoms with van der Waals surface area (Å²) in [5, 5.41) is 86.3. The highest BCUT2D eigenvalue weighted by atomic mass is 16.7. The number of carbonyl (C=O) groups excluding carboxylic acids is 1. The van der Waals surface area contributed by atoms with Gasteiger partial charge in [-0.25, -0.2) is 0 Å². The van der Waals surface area contributed by atoms with Gasteiger partial charge in [0.1, 0.15) is 48.8 Å². The summed E-state index contributed by atoms with van der Waals surface area (Å²) in [5.74, 6) is -0.259. The molecule has 12 unspecified atom stereocenters. The van der Waals surface area contributed by atoms with E-state index in [1.807, 2.05) is 6.08 Å². The van der Waals surface area contributed by atoms with E-state index in [9.17, 15) is 45.6 Å². The fourth-order valence-electron chi connectivity index (χ4n) is 7.42. The van der Waals surface area contributed by atoms with Crippen LogP contribution in [0.4, 0.5) is 0 Å². The minimum absolute atomic E-state index is 0.259. The first-order valence-corrected chi connectivity index (χ1v) is 23.2. The van der Waals surface area contributed by atoms with Crippen LogP contribution in [-0.2, 0) is 23.7 Å². The van der Waals surface area contributed by atoms with E-state index in [2.05, 4.69) is 43.5 Å². The van der Waals surface area contributed by atoms with Crippen LogP contribution in [0.2, 0.25) is 0 Å². The van der Waals surface area contributed by atoms with Gasteiger partial charge in [0.2, 0.25) is 5.91 Å². The Hall–Kier alpha value is -1.79. The summed E-state index contributed by atoms with van der Waals surface area (Å²) in [4.78, 5) is 13.1. The molecule has 12 atom stereocenters. The number of aliphatic hydroxyl groups is 8. The summed E-state index contributed by atoms with van der Waals surface area (Å²) in [7, 11) is 0. The van der Waals surface area contributed by atoms with Crippen LogP contribution in [0.15, 0.2) is 36.5 Å². The molecule has 2 aliphatic heterocycles. The Balaban J connectivity index is 1.86. The Labute approximate surface area is 360 Å². The normalized spacial score (nSPS) is 28.6. The number of allylic oxidation sites excluding steroid dienone is 5. The van der Waals surface area contributed by atoms with Crippen molar-refractivity contribution in [1.82, 2.24) is 5.32 Å². The minimum Gasteiger partial charge on any atom is -0.394 e. The van der Waals surface area contributed by atoms with Gasteiger partial charge in [-0.05, 0) is 57.8 Å². The average Bonchev–Trinajstić information content (AvgIpc) is 3.24. The van der Waals surface area contributed by atoms with Gasteiger partial charge in [-0.15, -0.1) is 0 Å². The Morgan fingerprint density at radius 1 is 0.583 bits per heavy atom. The molecule has 0 aliphatic carbocycles. The molecule has 0 aromatic heterocycles. The highest BCUT2D eigenvalue weighted by Crippen LogP contribution is 2.30. The summed E-state index contributed by atoms with van der Waals surface area (Å²) < 4.78 is 22.6. The van der Waals surface area contributed by atoms with E-state index in [-0.39, 0.29) is 18.9 Å². The summed E-state index contributed by atoms with van der Waals surface area (Å²) in [6.07, 6.45) is 19.2. The molecule has 0 spiro atoms. The van der Waals surface area contributed by atoms with Crippen LogP contribution in [0.1, 0.15) is 155 Å². The largest absolute Gasteiger partial charge is 0.394 e. The van der Waals surface area contributed by atoms with Crippen LogP contribution >= 0.6 is 0 Å². The van der Waals surface area contributed by atoms with Gasteiger partial charge in [-0.2, -0.15) is 0 Å². The average molecular weight is 858 g/mol. The van der Waals surface area contributed by atoms with Crippen molar-refractivity contribution in [1.29, 1.82) is 0 Å². The van der Waals surface area contributed by atoms with E-state index in [1.54, 1.807) is 6.08 Å². The van der Waals surface area contributed by atoms with E-state index in [4.69, 9.17) is 18.9 Å². The maximum absolute atomic E-state index is 13.1. The second kappa shape index (κ2) is 33.7. The molecule has 0 aromatic rings. The lowest BCUT2D eigenvalue weighted by Gasteiger charge is -2.46. The number of hydrogen-bond donors (Lipinski definition) is 9. The number of nitrogens with one attached hydrogen (secondary N) is 1. The van der Waals surface area contributed by atoms with Gasteiger partial charge in [0.05, 0.1) is 32.0 Å². The molecule has 2 fully saturated rings. The van der Waals surface area contributed by atoms with E-state index in [0.717, 1.165) is 44.9 Å². The maximum atomic E-state index is 13.1. The summed E-state index contributed by atoms with van der Waals surface area (Å²) in [5.41, 5.74) is 0. The lowest BCUT2D eigenvalue weighted by molar-refractivity contribution is -0.359. The van der Waals surface area contributed by atoms with Crippen LogP contribution in [0.3, 0.4) is 0 Å². The van der Waals surface area contributed by atoms with Crippen molar-refractivity contribution in [2.45, 2.75) is 229 Å². The number of ether oxygens (including phenoxy) is 4. The Kier molecular flexibility index (Phi) is 30.5. The van der Waals surface area contributed by atoms with E-state index in [0.29, 0.717) is 12.8 Å². The van der Waals surface area contributed by atoms with Crippen molar-refractivity contribution in [3.63, 3.8) is 0 Å². The molecular weight excluding hydrogens is 774 g/mol. The number of unbranched alkanes of at least 4 members (excludes halogenated alkanes) is 17. The molecule has 14 heteroatoms. The van der Waals surface area contributed by atoms with Gasteiger partial charge in [-0.3, -0.25) is 4.79 Å². The molecule has 9 N–H and O–H groups in total. The highest BCUT2D eigenvalue weighted by Gasteiger charge is 2.50.